The van der Waals surface area contributed by atoms with E-state index in [-0.39, 0.29) is 11.9 Å². The minimum atomic E-state index is 0.0354. The van der Waals surface area contributed by atoms with E-state index in [0.29, 0.717) is 11.4 Å². The molecule has 0 aliphatic carbocycles. The first-order chi connectivity index (χ1) is 9.18. The molecule has 0 saturated carbocycles. The molecule has 0 fully saturated rings. The second-order valence-electron chi connectivity index (χ2n) is 4.60. The molecule has 1 unspecified atom stereocenters. The lowest BCUT2D eigenvalue weighted by Crippen LogP contribution is -2.35. The molecule has 0 aromatic carbocycles. The molecule has 1 aliphatic heterocycles. The number of amidine groups is 1. The first kappa shape index (κ1) is 12.1. The molecule has 3 N–H and O–H groups in total. The van der Waals surface area contributed by atoms with Gasteiger partial charge in [0, 0.05) is 11.4 Å². The Morgan fingerprint density at radius 3 is 3.16 bits per heavy atom. The monoisotopic (exact) mass is 273 g/mol. The Morgan fingerprint density at radius 2 is 2.37 bits per heavy atom. The van der Waals surface area contributed by atoms with Crippen molar-refractivity contribution in [3.8, 4) is 0 Å². The molecule has 1 atom stereocenters. The largest absolute Gasteiger partial charge is 0.384 e. The van der Waals surface area contributed by atoms with Crippen molar-refractivity contribution < 1.29 is 0 Å². The summed E-state index contributed by atoms with van der Waals surface area (Å²) in [6.45, 7) is 3.04. The zero-order valence-electron chi connectivity index (χ0n) is 10.6. The number of rotatable bonds is 2. The predicted molar refractivity (Wildman–Crippen MR) is 76.8 cm³/mol. The Balaban J connectivity index is 2.03. The van der Waals surface area contributed by atoms with E-state index in [4.69, 9.17) is 11.1 Å². The van der Waals surface area contributed by atoms with Crippen LogP contribution in [0.5, 0.6) is 0 Å². The zero-order chi connectivity index (χ0) is 13.4. The molecule has 5 nitrogen and oxygen atoms in total. The molecule has 0 radical (unpaired) electrons. The van der Waals surface area contributed by atoms with E-state index in [1.807, 2.05) is 11.3 Å². The third kappa shape index (κ3) is 1.98. The highest BCUT2D eigenvalue weighted by Gasteiger charge is 2.27. The summed E-state index contributed by atoms with van der Waals surface area (Å²) in [5, 5.41) is 17.9. The number of nitrogens with zero attached hydrogens (tertiary/aromatic N) is 3. The summed E-state index contributed by atoms with van der Waals surface area (Å²) in [7, 11) is 0. The van der Waals surface area contributed by atoms with Crippen molar-refractivity contribution in [1.82, 2.24) is 10.2 Å². The number of hydrogen-bond donors (Lipinski definition) is 2. The van der Waals surface area contributed by atoms with Gasteiger partial charge in [0.05, 0.1) is 17.8 Å². The lowest BCUT2D eigenvalue weighted by Gasteiger charge is -2.35. The van der Waals surface area contributed by atoms with Crippen molar-refractivity contribution in [2.45, 2.75) is 19.4 Å². The first-order valence-corrected chi connectivity index (χ1v) is 7.05. The van der Waals surface area contributed by atoms with Crippen molar-refractivity contribution in [3.05, 3.63) is 39.7 Å². The van der Waals surface area contributed by atoms with Gasteiger partial charge in [-0.15, -0.1) is 16.4 Å². The highest BCUT2D eigenvalue weighted by atomic mass is 32.1. The van der Waals surface area contributed by atoms with E-state index in [0.717, 1.165) is 13.0 Å². The summed E-state index contributed by atoms with van der Waals surface area (Å²) in [6.07, 6.45) is 2.58. The van der Waals surface area contributed by atoms with E-state index in [1.165, 1.54) is 10.4 Å². The van der Waals surface area contributed by atoms with Crippen LogP contribution in [0.2, 0.25) is 0 Å². The number of aromatic nitrogens is 2. The maximum Gasteiger partial charge on any atom is 0.162 e. The van der Waals surface area contributed by atoms with E-state index >= 15 is 0 Å². The third-order valence-electron chi connectivity index (χ3n) is 3.54. The second-order valence-corrected chi connectivity index (χ2v) is 5.60. The van der Waals surface area contributed by atoms with Gasteiger partial charge >= 0.3 is 0 Å². The number of nitrogens with two attached hydrogens (primary N) is 1. The van der Waals surface area contributed by atoms with Gasteiger partial charge in [0.2, 0.25) is 0 Å². The Labute approximate surface area is 115 Å². The quantitative estimate of drug-likeness (QED) is 0.647. The number of nitrogens with one attached hydrogen (secondary N) is 1. The third-order valence-corrected chi connectivity index (χ3v) is 4.54. The van der Waals surface area contributed by atoms with Crippen LogP contribution < -0.4 is 10.6 Å². The number of thiophene rings is 1. The summed E-state index contributed by atoms with van der Waals surface area (Å²) in [5.41, 5.74) is 7.63. The Hall–Kier alpha value is -1.95. The number of hydrogen-bond acceptors (Lipinski definition) is 5. The summed E-state index contributed by atoms with van der Waals surface area (Å²) in [5.74, 6) is 0.743. The van der Waals surface area contributed by atoms with Crippen LogP contribution in [0.1, 0.15) is 29.0 Å². The molecule has 6 heteroatoms. The highest BCUT2D eigenvalue weighted by molar-refractivity contribution is 7.10. The molecular formula is C13H15N5S. The van der Waals surface area contributed by atoms with E-state index in [1.54, 1.807) is 12.3 Å². The van der Waals surface area contributed by atoms with Crippen LogP contribution in [0.3, 0.4) is 0 Å². The standard InChI is InChI=1S/C13H15N5S/c1-8-9-4-7-19-11(9)3-6-18(8)13-10(12(14)15)2-5-16-17-13/h2,4-5,7-8H,3,6H2,1H3,(H3,14,15). The maximum atomic E-state index is 7.66. The van der Waals surface area contributed by atoms with Gasteiger partial charge in [-0.3, -0.25) is 5.41 Å². The average Bonchev–Trinajstić information content (AvgIpc) is 2.88. The van der Waals surface area contributed by atoms with Gasteiger partial charge in [0.1, 0.15) is 5.84 Å². The summed E-state index contributed by atoms with van der Waals surface area (Å²) in [6, 6.07) is 4.16. The first-order valence-electron chi connectivity index (χ1n) is 6.17. The molecule has 1 aliphatic rings. The fourth-order valence-corrected chi connectivity index (χ4v) is 3.51. The molecule has 2 aromatic rings. The van der Waals surface area contributed by atoms with Crippen LogP contribution in [0.25, 0.3) is 0 Å². The normalized spacial score (nSPS) is 18.2. The van der Waals surface area contributed by atoms with Gasteiger partial charge in [0.15, 0.2) is 5.82 Å². The van der Waals surface area contributed by atoms with E-state index in [9.17, 15) is 0 Å². The molecular weight excluding hydrogens is 258 g/mol. The van der Waals surface area contributed by atoms with Crippen LogP contribution in [-0.2, 0) is 6.42 Å². The lowest BCUT2D eigenvalue weighted by atomic mass is 10.0. The summed E-state index contributed by atoms with van der Waals surface area (Å²) < 4.78 is 0. The van der Waals surface area contributed by atoms with Gasteiger partial charge in [0.25, 0.3) is 0 Å². The minimum Gasteiger partial charge on any atom is -0.384 e. The lowest BCUT2D eigenvalue weighted by molar-refractivity contribution is 0.619. The van der Waals surface area contributed by atoms with Crippen LogP contribution in [0.15, 0.2) is 23.7 Å². The van der Waals surface area contributed by atoms with Gasteiger partial charge in [-0.05, 0) is 36.4 Å². The predicted octanol–water partition coefficient (Wildman–Crippen LogP) is 1.95. The zero-order valence-corrected chi connectivity index (χ0v) is 11.4. The van der Waals surface area contributed by atoms with Crippen LogP contribution in [-0.4, -0.2) is 22.6 Å². The van der Waals surface area contributed by atoms with E-state index in [2.05, 4.69) is 33.5 Å². The Morgan fingerprint density at radius 1 is 1.53 bits per heavy atom. The number of anilines is 1. The van der Waals surface area contributed by atoms with Crippen LogP contribution in [0, 0.1) is 5.41 Å². The van der Waals surface area contributed by atoms with Crippen molar-refractivity contribution in [1.29, 1.82) is 5.41 Å². The molecule has 3 rings (SSSR count). The van der Waals surface area contributed by atoms with Crippen molar-refractivity contribution in [2.75, 3.05) is 11.4 Å². The highest BCUT2D eigenvalue weighted by Crippen LogP contribution is 2.35. The van der Waals surface area contributed by atoms with Crippen molar-refractivity contribution in [2.24, 2.45) is 5.73 Å². The summed E-state index contributed by atoms with van der Waals surface area (Å²) in [4.78, 5) is 3.62. The average molecular weight is 273 g/mol. The topological polar surface area (TPSA) is 78.9 Å². The molecule has 0 saturated heterocycles. The molecule has 0 bridgehead atoms. The SMILES string of the molecule is CC1c2ccsc2CCN1c1nnccc1C(=N)N. The smallest absolute Gasteiger partial charge is 0.162 e. The van der Waals surface area contributed by atoms with E-state index < -0.39 is 0 Å². The molecule has 3 heterocycles. The van der Waals surface area contributed by atoms with Crippen molar-refractivity contribution >= 4 is 23.0 Å². The second kappa shape index (κ2) is 4.62. The van der Waals surface area contributed by atoms with Gasteiger partial charge in [-0.2, -0.15) is 5.10 Å². The van der Waals surface area contributed by atoms with Crippen molar-refractivity contribution in [3.63, 3.8) is 0 Å². The molecule has 0 spiro atoms. The Kier molecular flexibility index (Phi) is 2.94. The minimum absolute atomic E-state index is 0.0354. The Bertz CT molecular complexity index is 621. The molecule has 2 aromatic heterocycles. The molecule has 0 amide bonds. The van der Waals surface area contributed by atoms with Gasteiger partial charge < -0.3 is 10.6 Å². The van der Waals surface area contributed by atoms with Crippen LogP contribution in [0.4, 0.5) is 5.82 Å². The molecule has 98 valence electrons. The summed E-state index contributed by atoms with van der Waals surface area (Å²) >= 11 is 1.81. The van der Waals surface area contributed by atoms with Crippen LogP contribution >= 0.6 is 11.3 Å². The fraction of sp³-hybridized carbons (Fsp3) is 0.308. The van der Waals surface area contributed by atoms with Gasteiger partial charge in [-0.1, -0.05) is 0 Å². The maximum absolute atomic E-state index is 7.66. The number of fused-ring (bicyclic) bond motifs is 1. The number of nitrogen functional groups attached to an aromatic ring is 1. The molecule has 19 heavy (non-hydrogen) atoms. The fourth-order valence-electron chi connectivity index (χ4n) is 2.55. The van der Waals surface area contributed by atoms with Gasteiger partial charge in [-0.25, -0.2) is 0 Å².